The first-order valence-corrected chi connectivity index (χ1v) is 8.59. The number of imide groups is 1. The summed E-state index contributed by atoms with van der Waals surface area (Å²) in [6.07, 6.45) is 0.491. The monoisotopic (exact) mass is 367 g/mol. The third kappa shape index (κ3) is 1.94. The van der Waals surface area contributed by atoms with E-state index in [1.165, 1.54) is 0 Å². The predicted molar refractivity (Wildman–Crippen MR) is 83.6 cm³/mol. The summed E-state index contributed by atoms with van der Waals surface area (Å²) in [5.41, 5.74) is -1.08. The van der Waals surface area contributed by atoms with E-state index in [2.05, 4.69) is 0 Å². The first kappa shape index (κ1) is 15.4. The summed E-state index contributed by atoms with van der Waals surface area (Å²) >= 11 is 6.05. The Kier molecular flexibility index (Phi) is 2.88. The van der Waals surface area contributed by atoms with Crippen molar-refractivity contribution in [2.75, 3.05) is 4.90 Å². The van der Waals surface area contributed by atoms with Crippen molar-refractivity contribution >= 4 is 29.1 Å². The lowest BCUT2D eigenvalue weighted by molar-refractivity contribution is -0.137. The lowest BCUT2D eigenvalue weighted by atomic mass is 9.63. The molecule has 2 bridgehead atoms. The van der Waals surface area contributed by atoms with Crippen LogP contribution in [0, 0.1) is 35.5 Å². The first-order valence-electron chi connectivity index (χ1n) is 8.22. The SMILES string of the molecule is O=C1[C@@H]2[C@@H]3C=C[C@H]([C@@H]4C[C@H]34)[C@@H]2C(=O)N1c1cc(C(F)(F)F)ccc1Cl. The summed E-state index contributed by atoms with van der Waals surface area (Å²) in [5, 5.41) is -0.0289. The Morgan fingerprint density at radius 2 is 1.56 bits per heavy atom. The van der Waals surface area contributed by atoms with Crippen molar-refractivity contribution in [1.82, 2.24) is 0 Å². The molecule has 1 aliphatic heterocycles. The number of carbonyl (C=O) groups is 2. The Labute approximate surface area is 146 Å². The van der Waals surface area contributed by atoms with Crippen molar-refractivity contribution in [3.05, 3.63) is 40.9 Å². The Morgan fingerprint density at radius 1 is 1.00 bits per heavy atom. The van der Waals surface area contributed by atoms with E-state index in [1.807, 2.05) is 12.2 Å². The number of allylic oxidation sites excluding steroid dienone is 2. The molecular weight excluding hydrogens is 355 g/mol. The molecule has 1 aromatic carbocycles. The molecule has 2 amide bonds. The lowest BCUT2D eigenvalue weighted by Crippen LogP contribution is -2.40. The topological polar surface area (TPSA) is 37.4 Å². The van der Waals surface area contributed by atoms with Crippen LogP contribution in [0.25, 0.3) is 0 Å². The van der Waals surface area contributed by atoms with Crippen LogP contribution in [-0.4, -0.2) is 11.8 Å². The number of nitrogens with zero attached hydrogens (tertiary/aromatic N) is 1. The average Bonchev–Trinajstić information content (AvgIpc) is 3.32. The summed E-state index contributed by atoms with van der Waals surface area (Å²) in [7, 11) is 0. The van der Waals surface area contributed by atoms with E-state index in [1.54, 1.807) is 0 Å². The van der Waals surface area contributed by atoms with Crippen molar-refractivity contribution in [3.63, 3.8) is 0 Å². The maximum Gasteiger partial charge on any atom is 0.416 e. The third-order valence-electron chi connectivity index (χ3n) is 6.18. The number of rotatable bonds is 1. The van der Waals surface area contributed by atoms with E-state index >= 15 is 0 Å². The smallest absolute Gasteiger partial charge is 0.274 e. The Morgan fingerprint density at radius 3 is 2.08 bits per heavy atom. The normalized spacial score (nSPS) is 38.2. The van der Waals surface area contributed by atoms with Crippen molar-refractivity contribution in [3.8, 4) is 0 Å². The Bertz CT molecular complexity index is 813. The molecule has 1 aromatic rings. The van der Waals surface area contributed by atoms with Crippen LogP contribution in [0.5, 0.6) is 0 Å². The Balaban J connectivity index is 1.59. The largest absolute Gasteiger partial charge is 0.416 e. The van der Waals surface area contributed by atoms with Gasteiger partial charge < -0.3 is 0 Å². The molecule has 0 radical (unpaired) electrons. The molecule has 130 valence electrons. The third-order valence-corrected chi connectivity index (χ3v) is 6.50. The first-order chi connectivity index (χ1) is 11.8. The van der Waals surface area contributed by atoms with Gasteiger partial charge in [-0.15, -0.1) is 0 Å². The lowest BCUT2D eigenvalue weighted by Gasteiger charge is -2.37. The standard InChI is InChI=1S/C18H13ClF3NO2/c19-12-4-1-7(18(20,21)22)5-13(12)23-16(24)14-8-2-3-9(11-6-10(8)11)15(14)17(23)25/h1-5,8-11,14-15H,6H2/t8-,9-,10-,11+,14-,15+/m1/s1. The molecule has 3 fully saturated rings. The van der Waals surface area contributed by atoms with Crippen molar-refractivity contribution < 1.29 is 22.8 Å². The fourth-order valence-electron chi connectivity index (χ4n) is 5.05. The van der Waals surface area contributed by atoms with Gasteiger partial charge in [0.2, 0.25) is 11.8 Å². The van der Waals surface area contributed by atoms with E-state index in [4.69, 9.17) is 11.6 Å². The van der Waals surface area contributed by atoms with Crippen LogP contribution < -0.4 is 4.90 Å². The molecule has 0 N–H and O–H groups in total. The molecule has 1 saturated heterocycles. The number of amides is 2. The summed E-state index contributed by atoms with van der Waals surface area (Å²) in [4.78, 5) is 26.8. The van der Waals surface area contributed by atoms with Crippen LogP contribution in [0.1, 0.15) is 12.0 Å². The second kappa shape index (κ2) is 4.67. The van der Waals surface area contributed by atoms with Gasteiger partial charge in [-0.25, -0.2) is 4.90 Å². The summed E-state index contributed by atoms with van der Waals surface area (Å²) in [6.45, 7) is 0. The van der Waals surface area contributed by atoms with Gasteiger partial charge in [-0.05, 0) is 48.3 Å². The number of hydrogen-bond acceptors (Lipinski definition) is 2. The number of halogens is 4. The van der Waals surface area contributed by atoms with Gasteiger partial charge in [-0.2, -0.15) is 13.2 Å². The van der Waals surface area contributed by atoms with Gasteiger partial charge in [0.05, 0.1) is 28.1 Å². The quantitative estimate of drug-likeness (QED) is 0.557. The molecule has 0 aromatic heterocycles. The van der Waals surface area contributed by atoms with Crippen molar-refractivity contribution in [2.45, 2.75) is 12.6 Å². The molecule has 0 spiro atoms. The van der Waals surface area contributed by atoms with E-state index in [0.29, 0.717) is 11.8 Å². The molecule has 6 atom stereocenters. The minimum Gasteiger partial charge on any atom is -0.274 e. The van der Waals surface area contributed by atoms with Gasteiger partial charge in [-0.3, -0.25) is 9.59 Å². The minimum absolute atomic E-state index is 0.0195. The summed E-state index contributed by atoms with van der Waals surface area (Å²) < 4.78 is 39.1. The van der Waals surface area contributed by atoms with Crippen LogP contribution in [0.3, 0.4) is 0 Å². The highest BCUT2D eigenvalue weighted by molar-refractivity contribution is 6.36. The van der Waals surface area contributed by atoms with Gasteiger partial charge in [0.15, 0.2) is 0 Å². The van der Waals surface area contributed by atoms with Crippen LogP contribution >= 0.6 is 11.6 Å². The average molecular weight is 368 g/mol. The highest BCUT2D eigenvalue weighted by Gasteiger charge is 2.67. The fourth-order valence-corrected chi connectivity index (χ4v) is 5.26. The fraction of sp³-hybridized carbons (Fsp3) is 0.444. The molecule has 5 aliphatic rings. The maximum atomic E-state index is 13.0. The van der Waals surface area contributed by atoms with Gasteiger partial charge in [0.25, 0.3) is 0 Å². The van der Waals surface area contributed by atoms with Crippen LogP contribution in [-0.2, 0) is 15.8 Å². The zero-order valence-electron chi connectivity index (χ0n) is 12.8. The molecule has 2 saturated carbocycles. The molecule has 6 rings (SSSR count). The van der Waals surface area contributed by atoms with Gasteiger partial charge in [-0.1, -0.05) is 23.8 Å². The molecule has 3 nitrogen and oxygen atoms in total. The van der Waals surface area contributed by atoms with E-state index < -0.39 is 35.4 Å². The van der Waals surface area contributed by atoms with Crippen molar-refractivity contribution in [1.29, 1.82) is 0 Å². The highest BCUT2D eigenvalue weighted by Crippen LogP contribution is 2.65. The van der Waals surface area contributed by atoms with Crippen LogP contribution in [0.4, 0.5) is 18.9 Å². The highest BCUT2D eigenvalue weighted by atomic mass is 35.5. The van der Waals surface area contributed by atoms with E-state index in [-0.39, 0.29) is 22.5 Å². The summed E-state index contributed by atoms with van der Waals surface area (Å²) in [6, 6.07) is 2.74. The zero-order valence-corrected chi connectivity index (χ0v) is 13.6. The second-order valence-electron chi connectivity index (χ2n) is 7.33. The van der Waals surface area contributed by atoms with Gasteiger partial charge >= 0.3 is 6.18 Å². The number of hydrogen-bond donors (Lipinski definition) is 0. The zero-order chi connectivity index (χ0) is 17.7. The minimum atomic E-state index is -4.57. The Hall–Kier alpha value is -1.82. The van der Waals surface area contributed by atoms with Gasteiger partial charge in [0.1, 0.15) is 0 Å². The van der Waals surface area contributed by atoms with Crippen LogP contribution in [0.15, 0.2) is 30.4 Å². The molecule has 25 heavy (non-hydrogen) atoms. The maximum absolute atomic E-state index is 13.0. The number of benzene rings is 1. The predicted octanol–water partition coefficient (Wildman–Crippen LogP) is 3.92. The van der Waals surface area contributed by atoms with Crippen LogP contribution in [0.2, 0.25) is 5.02 Å². The van der Waals surface area contributed by atoms with E-state index in [9.17, 15) is 22.8 Å². The van der Waals surface area contributed by atoms with Gasteiger partial charge in [0, 0.05) is 0 Å². The molecular formula is C18H13ClF3NO2. The summed E-state index contributed by atoms with van der Waals surface area (Å²) in [5.74, 6) is -0.845. The molecule has 7 heteroatoms. The molecule has 4 aliphatic carbocycles. The van der Waals surface area contributed by atoms with E-state index in [0.717, 1.165) is 29.5 Å². The second-order valence-corrected chi connectivity index (χ2v) is 7.74. The molecule has 0 unspecified atom stereocenters. The number of anilines is 1. The van der Waals surface area contributed by atoms with Crippen molar-refractivity contribution in [2.24, 2.45) is 35.5 Å². The molecule has 1 heterocycles. The number of alkyl halides is 3. The number of carbonyl (C=O) groups excluding carboxylic acids is 2.